The third-order valence-electron chi connectivity index (χ3n) is 9.30. The summed E-state index contributed by atoms with van der Waals surface area (Å²) in [5, 5.41) is 1.42. The van der Waals surface area contributed by atoms with Crippen molar-refractivity contribution in [2.45, 2.75) is 12.8 Å². The molecule has 0 N–H and O–H groups in total. The molecule has 2 aliphatic heterocycles. The van der Waals surface area contributed by atoms with Crippen LogP contribution in [0.15, 0.2) is 60.7 Å². The van der Waals surface area contributed by atoms with Crippen molar-refractivity contribution < 1.29 is 19.2 Å². The number of imide groups is 2. The molecule has 2 saturated carbocycles. The molecule has 0 radical (unpaired) electrons. The number of amides is 4. The summed E-state index contributed by atoms with van der Waals surface area (Å²) in [6.07, 6.45) is 10.1. The van der Waals surface area contributed by atoms with E-state index in [-0.39, 0.29) is 71.0 Å². The first-order valence-electron chi connectivity index (χ1n) is 12.2. The highest BCUT2D eigenvalue weighted by atomic mass is 16.2. The van der Waals surface area contributed by atoms with Gasteiger partial charge in [-0.2, -0.15) is 0 Å². The van der Waals surface area contributed by atoms with Gasteiger partial charge in [-0.25, -0.2) is 9.80 Å². The second-order valence-electron chi connectivity index (χ2n) is 10.7. The lowest BCUT2D eigenvalue weighted by atomic mass is 9.85. The number of carbonyl (C=O) groups excluding carboxylic acids is 4. The van der Waals surface area contributed by atoms with Crippen molar-refractivity contribution in [2.24, 2.45) is 47.3 Å². The van der Waals surface area contributed by atoms with Crippen LogP contribution < -0.4 is 9.80 Å². The standard InChI is InChI=1S/C28H22N2O4/c31-25-21-13-7-8-14(11-13)22(21)26(32)29(25)19-5-1-3-17-18(19)4-2-6-20(17)30-27(33)23-15-9-10-16(12-15)24(23)28(30)34/h1-10,13-16,21-24H,11-12H2/t13-,14-,15-,16+,21-,22-,23-,24+/m0/s1. The van der Waals surface area contributed by atoms with Gasteiger partial charge in [-0.15, -0.1) is 0 Å². The van der Waals surface area contributed by atoms with E-state index in [0.29, 0.717) is 22.1 Å². The van der Waals surface area contributed by atoms with Gasteiger partial charge in [0.2, 0.25) is 23.6 Å². The van der Waals surface area contributed by atoms with Crippen LogP contribution in [0.3, 0.4) is 0 Å². The Balaban J connectivity index is 1.24. The summed E-state index contributed by atoms with van der Waals surface area (Å²) in [4.78, 5) is 56.5. The third kappa shape index (κ3) is 2.04. The van der Waals surface area contributed by atoms with E-state index in [9.17, 15) is 19.2 Å². The zero-order valence-electron chi connectivity index (χ0n) is 18.3. The second kappa shape index (κ2) is 6.12. The number of benzene rings is 2. The molecule has 6 heteroatoms. The summed E-state index contributed by atoms with van der Waals surface area (Å²) in [6, 6.07) is 10.9. The second-order valence-corrected chi connectivity index (χ2v) is 10.7. The first kappa shape index (κ1) is 18.8. The molecule has 2 saturated heterocycles. The maximum atomic E-state index is 13.4. The number of allylic oxidation sites excluding steroid dienone is 4. The minimum atomic E-state index is -0.273. The first-order chi connectivity index (χ1) is 16.5. The minimum absolute atomic E-state index is 0.129. The molecule has 0 aromatic heterocycles. The van der Waals surface area contributed by atoms with E-state index in [1.807, 2.05) is 12.1 Å². The van der Waals surface area contributed by atoms with Crippen molar-refractivity contribution in [1.82, 2.24) is 0 Å². The molecule has 4 fully saturated rings. The quantitative estimate of drug-likeness (QED) is 0.519. The molecule has 4 aliphatic carbocycles. The number of fused-ring (bicyclic) bond motifs is 11. The molecular formula is C28H22N2O4. The number of carbonyl (C=O) groups is 4. The normalized spacial score (nSPS) is 38.8. The molecule has 4 bridgehead atoms. The maximum Gasteiger partial charge on any atom is 0.238 e. The smallest absolute Gasteiger partial charge is 0.238 e. The summed E-state index contributed by atoms with van der Waals surface area (Å²) in [5.41, 5.74) is 1.09. The van der Waals surface area contributed by atoms with Crippen LogP contribution in [-0.4, -0.2) is 23.6 Å². The Morgan fingerprint density at radius 1 is 0.500 bits per heavy atom. The van der Waals surface area contributed by atoms with Gasteiger partial charge in [-0.1, -0.05) is 48.6 Å². The van der Waals surface area contributed by atoms with Crippen LogP contribution in [-0.2, 0) is 19.2 Å². The molecule has 4 amide bonds. The molecule has 8 rings (SSSR count). The van der Waals surface area contributed by atoms with E-state index >= 15 is 0 Å². The number of nitrogens with zero attached hydrogens (tertiary/aromatic N) is 2. The predicted molar refractivity (Wildman–Crippen MR) is 124 cm³/mol. The lowest BCUT2D eigenvalue weighted by Gasteiger charge is -2.22. The van der Waals surface area contributed by atoms with Gasteiger partial charge >= 0.3 is 0 Å². The largest absolute Gasteiger partial charge is 0.274 e. The molecule has 0 unspecified atom stereocenters. The van der Waals surface area contributed by atoms with Crippen LogP contribution in [0, 0.1) is 47.3 Å². The fourth-order valence-electron chi connectivity index (χ4n) is 7.95. The van der Waals surface area contributed by atoms with Gasteiger partial charge in [0.15, 0.2) is 0 Å². The summed E-state index contributed by atoms with van der Waals surface area (Å²) < 4.78 is 0. The van der Waals surface area contributed by atoms with Gasteiger partial charge < -0.3 is 0 Å². The van der Waals surface area contributed by atoms with Gasteiger partial charge in [0.1, 0.15) is 0 Å². The molecule has 6 nitrogen and oxygen atoms in total. The highest BCUT2D eigenvalue weighted by Crippen LogP contribution is 2.55. The molecule has 168 valence electrons. The van der Waals surface area contributed by atoms with Gasteiger partial charge in [0.05, 0.1) is 35.0 Å². The average molecular weight is 450 g/mol. The summed E-state index contributed by atoms with van der Waals surface area (Å²) in [5.74, 6) is -1.04. The van der Waals surface area contributed by atoms with Crippen LogP contribution in [0.4, 0.5) is 11.4 Å². The minimum Gasteiger partial charge on any atom is -0.274 e. The topological polar surface area (TPSA) is 74.8 Å². The highest BCUT2D eigenvalue weighted by Gasteiger charge is 2.61. The number of hydrogen-bond acceptors (Lipinski definition) is 4. The first-order valence-corrected chi connectivity index (χ1v) is 12.2. The Kier molecular flexibility index (Phi) is 3.39. The summed E-state index contributed by atoms with van der Waals surface area (Å²) in [7, 11) is 0. The van der Waals surface area contributed by atoms with Crippen molar-refractivity contribution >= 4 is 45.8 Å². The number of anilines is 2. The van der Waals surface area contributed by atoms with Crippen LogP contribution >= 0.6 is 0 Å². The molecule has 8 atom stereocenters. The van der Waals surface area contributed by atoms with Crippen LogP contribution in [0.2, 0.25) is 0 Å². The Bertz CT molecular complexity index is 1260. The molecule has 6 aliphatic rings. The Morgan fingerprint density at radius 3 is 1.15 bits per heavy atom. The summed E-state index contributed by atoms with van der Waals surface area (Å²) in [6.45, 7) is 0. The Morgan fingerprint density at radius 2 is 0.824 bits per heavy atom. The molecule has 2 aromatic carbocycles. The molecular weight excluding hydrogens is 428 g/mol. The molecule has 2 heterocycles. The zero-order valence-corrected chi connectivity index (χ0v) is 18.3. The van der Waals surface area contributed by atoms with E-state index in [4.69, 9.17) is 0 Å². The lowest BCUT2D eigenvalue weighted by Crippen LogP contribution is -2.34. The predicted octanol–water partition coefficient (Wildman–Crippen LogP) is 3.46. The van der Waals surface area contributed by atoms with E-state index in [1.165, 1.54) is 9.80 Å². The Hall–Kier alpha value is -3.54. The van der Waals surface area contributed by atoms with Gasteiger partial charge in [0, 0.05) is 10.8 Å². The fourth-order valence-corrected chi connectivity index (χ4v) is 7.95. The molecule has 34 heavy (non-hydrogen) atoms. The van der Waals surface area contributed by atoms with Gasteiger partial charge in [0.25, 0.3) is 0 Å². The van der Waals surface area contributed by atoms with Crippen LogP contribution in [0.1, 0.15) is 12.8 Å². The van der Waals surface area contributed by atoms with Crippen molar-refractivity contribution in [3.8, 4) is 0 Å². The number of rotatable bonds is 2. The SMILES string of the molecule is O=C1[C@@H]2[C@@H](C(=O)N1c1cccc3c(N4C(=O)[C@@H]5[C@H](C4=O)[C@@H]4C=C[C@H]5C4)cccc13)[C@H]1C=C[C@H]2C1. The van der Waals surface area contributed by atoms with Crippen molar-refractivity contribution in [3.05, 3.63) is 60.7 Å². The lowest BCUT2D eigenvalue weighted by molar-refractivity contribution is -0.124. The van der Waals surface area contributed by atoms with Crippen LogP contribution in [0.25, 0.3) is 10.8 Å². The van der Waals surface area contributed by atoms with Crippen molar-refractivity contribution in [2.75, 3.05) is 9.80 Å². The average Bonchev–Trinajstić information content (AvgIpc) is 3.67. The van der Waals surface area contributed by atoms with E-state index in [2.05, 4.69) is 24.3 Å². The zero-order chi connectivity index (χ0) is 22.9. The van der Waals surface area contributed by atoms with Crippen molar-refractivity contribution in [1.29, 1.82) is 0 Å². The highest BCUT2D eigenvalue weighted by molar-refractivity contribution is 6.29. The summed E-state index contributed by atoms with van der Waals surface area (Å²) >= 11 is 0. The van der Waals surface area contributed by atoms with E-state index in [1.54, 1.807) is 24.3 Å². The van der Waals surface area contributed by atoms with Crippen molar-refractivity contribution in [3.63, 3.8) is 0 Å². The van der Waals surface area contributed by atoms with E-state index in [0.717, 1.165) is 12.8 Å². The van der Waals surface area contributed by atoms with Gasteiger partial charge in [-0.3, -0.25) is 19.2 Å². The third-order valence-corrected chi connectivity index (χ3v) is 9.30. The van der Waals surface area contributed by atoms with E-state index < -0.39 is 0 Å². The van der Waals surface area contributed by atoms with Crippen LogP contribution in [0.5, 0.6) is 0 Å². The monoisotopic (exact) mass is 450 g/mol. The maximum absolute atomic E-state index is 13.4. The molecule has 0 spiro atoms. The number of hydrogen-bond donors (Lipinski definition) is 0. The molecule has 2 aromatic rings. The fraction of sp³-hybridized carbons (Fsp3) is 0.357. The Labute approximate surface area is 195 Å². The van der Waals surface area contributed by atoms with Gasteiger partial charge in [-0.05, 0) is 48.6 Å².